The Labute approximate surface area is 88.7 Å². The van der Waals surface area contributed by atoms with Crippen LogP contribution in [0.5, 0.6) is 0 Å². The second-order valence-corrected chi connectivity index (χ2v) is 5.48. The molecule has 0 aromatic rings. The third-order valence-electron chi connectivity index (χ3n) is 3.95. The predicted molar refractivity (Wildman–Crippen MR) is 61.4 cm³/mol. The van der Waals surface area contributed by atoms with E-state index in [1.165, 1.54) is 57.8 Å². The van der Waals surface area contributed by atoms with Gasteiger partial charge in [-0.2, -0.15) is 0 Å². The first-order valence-corrected chi connectivity index (χ1v) is 6.60. The lowest BCUT2D eigenvalue weighted by Crippen LogP contribution is -2.45. The molecule has 0 atom stereocenters. The average Bonchev–Trinajstić information content (AvgIpc) is 2.06. The Balaban J connectivity index is 1.67. The van der Waals surface area contributed by atoms with Crippen molar-refractivity contribution in [3.63, 3.8) is 0 Å². The minimum absolute atomic E-state index is 0.854. The molecule has 1 nitrogen and oxygen atoms in total. The van der Waals surface area contributed by atoms with Gasteiger partial charge in [-0.05, 0) is 31.6 Å². The molecule has 0 amide bonds. The Kier molecular flexibility index (Phi) is 3.86. The molecule has 2 aliphatic carbocycles. The van der Waals surface area contributed by atoms with E-state index in [0.29, 0.717) is 0 Å². The highest BCUT2D eigenvalue weighted by atomic mass is 15.0. The van der Waals surface area contributed by atoms with Crippen molar-refractivity contribution >= 4 is 0 Å². The monoisotopic (exact) mass is 195 g/mol. The second kappa shape index (κ2) is 5.16. The molecular weight excluding hydrogens is 170 g/mol. The van der Waals surface area contributed by atoms with E-state index in [1.807, 2.05) is 0 Å². The van der Waals surface area contributed by atoms with Crippen LogP contribution in [0.2, 0.25) is 0 Å². The Hall–Kier alpha value is -0.0400. The molecule has 2 rings (SSSR count). The molecule has 0 bridgehead atoms. The summed E-state index contributed by atoms with van der Waals surface area (Å²) in [5.41, 5.74) is 0. The van der Waals surface area contributed by atoms with Crippen molar-refractivity contribution in [2.24, 2.45) is 5.92 Å². The first kappa shape index (κ1) is 10.5. The minimum Gasteiger partial charge on any atom is -0.311 e. The van der Waals surface area contributed by atoms with Gasteiger partial charge in [0.05, 0.1) is 0 Å². The Morgan fingerprint density at radius 1 is 0.786 bits per heavy atom. The molecular formula is C13H25N. The maximum Gasteiger partial charge on any atom is 0.00747 e. The van der Waals surface area contributed by atoms with Crippen LogP contribution >= 0.6 is 0 Å². The van der Waals surface area contributed by atoms with Gasteiger partial charge in [0, 0.05) is 12.1 Å². The van der Waals surface area contributed by atoms with Gasteiger partial charge in [0.15, 0.2) is 0 Å². The zero-order valence-corrected chi connectivity index (χ0v) is 9.60. The fourth-order valence-electron chi connectivity index (χ4n) is 2.99. The SMILES string of the molecule is CC1CC(NC2CCCCCCC2)C1. The van der Waals surface area contributed by atoms with Gasteiger partial charge in [-0.15, -0.1) is 0 Å². The molecule has 0 aromatic heterocycles. The van der Waals surface area contributed by atoms with Gasteiger partial charge in [-0.1, -0.05) is 39.0 Å². The van der Waals surface area contributed by atoms with Crippen LogP contribution < -0.4 is 5.32 Å². The van der Waals surface area contributed by atoms with Gasteiger partial charge in [0.25, 0.3) is 0 Å². The summed E-state index contributed by atoms with van der Waals surface area (Å²) in [7, 11) is 0. The third-order valence-corrected chi connectivity index (χ3v) is 3.95. The zero-order chi connectivity index (χ0) is 9.80. The summed E-state index contributed by atoms with van der Waals surface area (Å²) >= 11 is 0. The lowest BCUT2D eigenvalue weighted by Gasteiger charge is -2.37. The van der Waals surface area contributed by atoms with Crippen molar-refractivity contribution < 1.29 is 0 Å². The van der Waals surface area contributed by atoms with Gasteiger partial charge >= 0.3 is 0 Å². The van der Waals surface area contributed by atoms with Crippen molar-refractivity contribution in [1.29, 1.82) is 0 Å². The standard InChI is InChI=1S/C13H25N/c1-11-9-13(10-11)14-12-7-5-3-2-4-6-8-12/h11-14H,2-10H2,1H3. The van der Waals surface area contributed by atoms with Crippen LogP contribution in [0, 0.1) is 5.92 Å². The lowest BCUT2D eigenvalue weighted by atomic mass is 9.81. The average molecular weight is 195 g/mol. The summed E-state index contributed by atoms with van der Waals surface area (Å²) in [4.78, 5) is 0. The van der Waals surface area contributed by atoms with E-state index in [1.54, 1.807) is 0 Å². The Morgan fingerprint density at radius 2 is 1.36 bits per heavy atom. The summed E-state index contributed by atoms with van der Waals surface area (Å²) in [6.45, 7) is 2.37. The summed E-state index contributed by atoms with van der Waals surface area (Å²) in [6, 6.07) is 1.72. The van der Waals surface area contributed by atoms with Gasteiger partial charge in [-0.25, -0.2) is 0 Å². The van der Waals surface area contributed by atoms with Crippen LogP contribution in [-0.4, -0.2) is 12.1 Å². The molecule has 0 spiro atoms. The van der Waals surface area contributed by atoms with Crippen molar-refractivity contribution in [3.8, 4) is 0 Å². The molecule has 82 valence electrons. The molecule has 1 N–H and O–H groups in total. The number of hydrogen-bond donors (Lipinski definition) is 1. The lowest BCUT2D eigenvalue weighted by molar-refractivity contribution is 0.209. The first-order chi connectivity index (χ1) is 6.84. The van der Waals surface area contributed by atoms with Crippen LogP contribution in [-0.2, 0) is 0 Å². The van der Waals surface area contributed by atoms with Crippen molar-refractivity contribution in [1.82, 2.24) is 5.32 Å². The van der Waals surface area contributed by atoms with E-state index in [4.69, 9.17) is 0 Å². The van der Waals surface area contributed by atoms with Gasteiger partial charge < -0.3 is 5.32 Å². The molecule has 1 heteroatoms. The van der Waals surface area contributed by atoms with Gasteiger partial charge in [0.1, 0.15) is 0 Å². The highest BCUT2D eigenvalue weighted by molar-refractivity contribution is 4.85. The molecule has 14 heavy (non-hydrogen) atoms. The first-order valence-electron chi connectivity index (χ1n) is 6.60. The predicted octanol–water partition coefficient (Wildman–Crippen LogP) is 3.49. The topological polar surface area (TPSA) is 12.0 Å². The third kappa shape index (κ3) is 2.98. The van der Waals surface area contributed by atoms with E-state index in [2.05, 4.69) is 12.2 Å². The number of nitrogens with one attached hydrogen (secondary N) is 1. The highest BCUT2D eigenvalue weighted by Gasteiger charge is 2.27. The van der Waals surface area contributed by atoms with Crippen molar-refractivity contribution in [2.75, 3.05) is 0 Å². The van der Waals surface area contributed by atoms with Crippen LogP contribution in [0.25, 0.3) is 0 Å². The summed E-state index contributed by atoms with van der Waals surface area (Å²) in [5, 5.41) is 3.85. The zero-order valence-electron chi connectivity index (χ0n) is 9.60. The van der Waals surface area contributed by atoms with Crippen LogP contribution in [0.4, 0.5) is 0 Å². The molecule has 0 radical (unpaired) electrons. The van der Waals surface area contributed by atoms with E-state index >= 15 is 0 Å². The number of rotatable bonds is 2. The number of hydrogen-bond acceptors (Lipinski definition) is 1. The largest absolute Gasteiger partial charge is 0.311 e. The minimum atomic E-state index is 0.854. The molecule has 0 aliphatic heterocycles. The fourth-order valence-corrected chi connectivity index (χ4v) is 2.99. The molecule has 2 aliphatic rings. The Bertz CT molecular complexity index is 153. The summed E-state index contributed by atoms with van der Waals surface area (Å²) in [5.74, 6) is 0.987. The summed E-state index contributed by atoms with van der Waals surface area (Å²) < 4.78 is 0. The van der Waals surface area contributed by atoms with E-state index in [9.17, 15) is 0 Å². The molecule has 0 aromatic carbocycles. The quantitative estimate of drug-likeness (QED) is 0.711. The highest BCUT2D eigenvalue weighted by Crippen LogP contribution is 2.28. The molecule has 0 heterocycles. The smallest absolute Gasteiger partial charge is 0.00747 e. The van der Waals surface area contributed by atoms with Crippen LogP contribution in [0.15, 0.2) is 0 Å². The fraction of sp³-hybridized carbons (Fsp3) is 1.00. The second-order valence-electron chi connectivity index (χ2n) is 5.48. The Morgan fingerprint density at radius 3 is 1.93 bits per heavy atom. The van der Waals surface area contributed by atoms with Gasteiger partial charge in [0.2, 0.25) is 0 Å². The summed E-state index contributed by atoms with van der Waals surface area (Å²) in [6.07, 6.45) is 13.1. The van der Waals surface area contributed by atoms with Gasteiger partial charge in [-0.3, -0.25) is 0 Å². The van der Waals surface area contributed by atoms with Crippen LogP contribution in [0.3, 0.4) is 0 Å². The van der Waals surface area contributed by atoms with E-state index in [0.717, 1.165) is 18.0 Å². The van der Waals surface area contributed by atoms with E-state index in [-0.39, 0.29) is 0 Å². The maximum absolute atomic E-state index is 3.85. The normalized spacial score (nSPS) is 35.8. The van der Waals surface area contributed by atoms with Crippen molar-refractivity contribution in [3.05, 3.63) is 0 Å². The molecule has 2 fully saturated rings. The molecule has 0 saturated heterocycles. The molecule has 0 unspecified atom stereocenters. The van der Waals surface area contributed by atoms with Crippen LogP contribution in [0.1, 0.15) is 64.7 Å². The van der Waals surface area contributed by atoms with E-state index < -0.39 is 0 Å². The molecule has 2 saturated carbocycles. The van der Waals surface area contributed by atoms with Crippen molar-refractivity contribution in [2.45, 2.75) is 76.8 Å². The maximum atomic E-state index is 3.85.